The van der Waals surface area contributed by atoms with Crippen molar-refractivity contribution in [3.63, 3.8) is 0 Å². The molecule has 4 heteroatoms. The summed E-state index contributed by atoms with van der Waals surface area (Å²) in [5.41, 5.74) is 1.15. The first kappa shape index (κ1) is 18.4. The number of allylic oxidation sites excluding steroid dienone is 4. The number of hydrogen-bond donors (Lipinski definition) is 2. The lowest BCUT2D eigenvalue weighted by molar-refractivity contribution is -0.166. The monoisotopic (exact) mass is 346 g/mol. The molecule has 2 unspecified atom stereocenters. The Labute approximate surface area is 150 Å². The number of hydrogen-bond acceptors (Lipinski definition) is 4. The summed E-state index contributed by atoms with van der Waals surface area (Å²) >= 11 is 0. The standard InChI is InChI=1S/C21H30O4/c1-4-19-13(3)20-12(2)9-17-14(10-15(22)11-18(17)23)7-5-6-8-16(20)21(24)25-19/h5-9,13-20,22-23H,4,10-11H2,1-3H3/b7-5-,8-6-,12-9+/t13-,14?,15+,16-,17-,18+,19+,20?/m0/s1. The van der Waals surface area contributed by atoms with Crippen LogP contribution in [0.15, 0.2) is 36.0 Å². The van der Waals surface area contributed by atoms with Gasteiger partial charge < -0.3 is 14.9 Å². The van der Waals surface area contributed by atoms with Gasteiger partial charge in [-0.1, -0.05) is 49.8 Å². The minimum atomic E-state index is -0.553. The van der Waals surface area contributed by atoms with E-state index in [2.05, 4.69) is 26.8 Å². The van der Waals surface area contributed by atoms with Gasteiger partial charge in [-0.15, -0.1) is 0 Å². The second kappa shape index (κ2) is 7.46. The lowest BCUT2D eigenvalue weighted by Gasteiger charge is -2.41. The van der Waals surface area contributed by atoms with E-state index in [1.807, 2.05) is 24.3 Å². The van der Waals surface area contributed by atoms with Gasteiger partial charge in [0.25, 0.3) is 0 Å². The number of fused-ring (bicyclic) bond motifs is 2. The summed E-state index contributed by atoms with van der Waals surface area (Å²) in [5, 5.41) is 20.5. The van der Waals surface area contributed by atoms with Gasteiger partial charge in [-0.05, 0) is 32.1 Å². The van der Waals surface area contributed by atoms with Crippen LogP contribution in [0.5, 0.6) is 0 Å². The predicted octanol–water partition coefficient (Wildman–Crippen LogP) is 3.01. The fraction of sp³-hybridized carbons (Fsp3) is 0.667. The lowest BCUT2D eigenvalue weighted by Crippen LogP contribution is -2.44. The Bertz CT molecular complexity index is 591. The van der Waals surface area contributed by atoms with Gasteiger partial charge in [0.05, 0.1) is 18.1 Å². The summed E-state index contributed by atoms with van der Waals surface area (Å²) < 4.78 is 5.65. The summed E-state index contributed by atoms with van der Waals surface area (Å²) in [6.45, 7) is 6.28. The molecular formula is C21H30O4. The summed E-state index contributed by atoms with van der Waals surface area (Å²) in [4.78, 5) is 12.5. The van der Waals surface area contributed by atoms with Crippen LogP contribution in [-0.2, 0) is 9.53 Å². The van der Waals surface area contributed by atoms with Crippen LogP contribution >= 0.6 is 0 Å². The minimum Gasteiger partial charge on any atom is -0.462 e. The molecule has 0 aromatic heterocycles. The topological polar surface area (TPSA) is 66.8 Å². The van der Waals surface area contributed by atoms with E-state index in [4.69, 9.17) is 4.74 Å². The van der Waals surface area contributed by atoms with Crippen LogP contribution in [0, 0.1) is 29.6 Å². The quantitative estimate of drug-likeness (QED) is 0.566. The number of rotatable bonds is 1. The van der Waals surface area contributed by atoms with Gasteiger partial charge >= 0.3 is 5.97 Å². The van der Waals surface area contributed by atoms with Crippen molar-refractivity contribution in [3.8, 4) is 0 Å². The molecule has 1 saturated carbocycles. The van der Waals surface area contributed by atoms with Crippen molar-refractivity contribution in [1.82, 2.24) is 0 Å². The highest BCUT2D eigenvalue weighted by Gasteiger charge is 2.43. The summed E-state index contributed by atoms with van der Waals surface area (Å²) in [6, 6.07) is 0. The van der Waals surface area contributed by atoms with Crippen molar-refractivity contribution in [2.75, 3.05) is 0 Å². The molecule has 1 saturated heterocycles. The van der Waals surface area contributed by atoms with Gasteiger partial charge in [0, 0.05) is 17.8 Å². The van der Waals surface area contributed by atoms with Crippen molar-refractivity contribution in [1.29, 1.82) is 0 Å². The number of aliphatic hydroxyl groups is 2. The average molecular weight is 346 g/mol. The summed E-state index contributed by atoms with van der Waals surface area (Å²) in [6.07, 6.45) is 10.8. The first-order chi connectivity index (χ1) is 11.9. The van der Waals surface area contributed by atoms with Crippen molar-refractivity contribution in [3.05, 3.63) is 36.0 Å². The van der Waals surface area contributed by atoms with E-state index in [0.29, 0.717) is 12.8 Å². The maximum atomic E-state index is 12.5. The Balaban J connectivity index is 2.00. The van der Waals surface area contributed by atoms with Gasteiger partial charge in [-0.25, -0.2) is 0 Å². The number of esters is 1. The molecule has 0 aromatic carbocycles. The Morgan fingerprint density at radius 2 is 1.92 bits per heavy atom. The van der Waals surface area contributed by atoms with E-state index in [1.54, 1.807) is 0 Å². The van der Waals surface area contributed by atoms with E-state index >= 15 is 0 Å². The predicted molar refractivity (Wildman–Crippen MR) is 96.6 cm³/mol. The first-order valence-electron chi connectivity index (χ1n) is 9.52. The van der Waals surface area contributed by atoms with Gasteiger partial charge in [0.15, 0.2) is 0 Å². The highest BCUT2D eigenvalue weighted by molar-refractivity contribution is 5.76. The second-order valence-corrected chi connectivity index (χ2v) is 7.91. The molecule has 3 rings (SSSR count). The van der Waals surface area contributed by atoms with E-state index in [9.17, 15) is 15.0 Å². The smallest absolute Gasteiger partial charge is 0.313 e. The van der Waals surface area contributed by atoms with Crippen molar-refractivity contribution < 1.29 is 19.7 Å². The maximum Gasteiger partial charge on any atom is 0.313 e. The SMILES string of the molecule is CC[C@H]1OC(=O)[C@H]2/C=C\C=C/C3C[C@@H](O)C[C@@H](O)[C@H]3/C=C(\C)C2[C@H]1C. The molecule has 0 bridgehead atoms. The fourth-order valence-electron chi connectivity index (χ4n) is 4.93. The highest BCUT2D eigenvalue weighted by atomic mass is 16.5. The van der Waals surface area contributed by atoms with Crippen LogP contribution in [0.4, 0.5) is 0 Å². The van der Waals surface area contributed by atoms with Crippen LogP contribution in [0.1, 0.15) is 40.0 Å². The second-order valence-electron chi connectivity index (χ2n) is 7.91. The molecule has 2 N–H and O–H groups in total. The van der Waals surface area contributed by atoms with Gasteiger partial charge in [-0.2, -0.15) is 0 Å². The Hall–Kier alpha value is -1.39. The van der Waals surface area contributed by atoms with E-state index in [1.165, 1.54) is 0 Å². The molecular weight excluding hydrogens is 316 g/mol. The molecule has 8 atom stereocenters. The summed E-state index contributed by atoms with van der Waals surface area (Å²) in [5.74, 6) is 0.000774. The molecule has 0 radical (unpaired) electrons. The van der Waals surface area contributed by atoms with Crippen molar-refractivity contribution in [2.24, 2.45) is 29.6 Å². The van der Waals surface area contributed by atoms with Crippen LogP contribution in [0.2, 0.25) is 0 Å². The van der Waals surface area contributed by atoms with E-state index in [0.717, 1.165) is 12.0 Å². The number of cyclic esters (lactones) is 1. The van der Waals surface area contributed by atoms with Crippen LogP contribution in [0.3, 0.4) is 0 Å². The molecule has 4 nitrogen and oxygen atoms in total. The third kappa shape index (κ3) is 3.61. The van der Waals surface area contributed by atoms with E-state index < -0.39 is 12.2 Å². The molecule has 138 valence electrons. The zero-order valence-corrected chi connectivity index (χ0v) is 15.3. The number of aliphatic hydroxyl groups excluding tert-OH is 2. The molecule has 1 heterocycles. The Morgan fingerprint density at radius 3 is 2.64 bits per heavy atom. The normalized spacial score (nSPS) is 49.0. The third-order valence-corrected chi connectivity index (χ3v) is 6.25. The number of carbonyl (C=O) groups is 1. The van der Waals surface area contributed by atoms with Crippen molar-refractivity contribution in [2.45, 2.75) is 58.3 Å². The highest BCUT2D eigenvalue weighted by Crippen LogP contribution is 2.42. The largest absolute Gasteiger partial charge is 0.462 e. The molecule has 0 amide bonds. The molecule has 1 aliphatic heterocycles. The molecule has 25 heavy (non-hydrogen) atoms. The number of ether oxygens (including phenoxy) is 1. The molecule has 2 fully saturated rings. The Morgan fingerprint density at radius 1 is 1.20 bits per heavy atom. The zero-order valence-electron chi connectivity index (χ0n) is 15.3. The average Bonchev–Trinajstić information content (AvgIpc) is 2.56. The molecule has 0 spiro atoms. The number of carbonyl (C=O) groups excluding carboxylic acids is 1. The van der Waals surface area contributed by atoms with Crippen LogP contribution in [-0.4, -0.2) is 34.5 Å². The van der Waals surface area contributed by atoms with Gasteiger partial charge in [0.1, 0.15) is 6.10 Å². The van der Waals surface area contributed by atoms with E-state index in [-0.39, 0.29) is 41.7 Å². The zero-order chi connectivity index (χ0) is 18.1. The fourth-order valence-corrected chi connectivity index (χ4v) is 4.93. The maximum absolute atomic E-state index is 12.5. The molecule has 3 aliphatic rings. The first-order valence-corrected chi connectivity index (χ1v) is 9.52. The Kier molecular flexibility index (Phi) is 5.49. The van der Waals surface area contributed by atoms with Crippen LogP contribution in [0.25, 0.3) is 0 Å². The third-order valence-electron chi connectivity index (χ3n) is 6.25. The molecule has 2 aliphatic carbocycles. The minimum absolute atomic E-state index is 0.0166. The lowest BCUT2D eigenvalue weighted by atomic mass is 9.69. The van der Waals surface area contributed by atoms with Crippen LogP contribution < -0.4 is 0 Å². The van der Waals surface area contributed by atoms with Gasteiger partial charge in [0.2, 0.25) is 0 Å². The molecule has 0 aromatic rings. The summed E-state index contributed by atoms with van der Waals surface area (Å²) in [7, 11) is 0. The van der Waals surface area contributed by atoms with Gasteiger partial charge in [-0.3, -0.25) is 4.79 Å². The van der Waals surface area contributed by atoms with Crippen molar-refractivity contribution >= 4 is 5.97 Å².